The van der Waals surface area contributed by atoms with E-state index in [1.54, 1.807) is 18.3 Å². The van der Waals surface area contributed by atoms with Crippen LogP contribution in [-0.2, 0) is 11.3 Å². The minimum absolute atomic E-state index is 0.0751. The van der Waals surface area contributed by atoms with E-state index in [0.717, 1.165) is 74.1 Å². The SMILES string of the molecule is CC.CC(=O)C(=N)N(C(=N)c1cc(C(C)C)c(O)cc1O)c1ccc(CN2CCN(c3cccc(Sc4ncc(N5CCC(C)(N)CC5)nc4N)c3Cl)CC2)cc1.CCC. The zero-order valence-corrected chi connectivity index (χ0v) is 37.9. The van der Waals surface area contributed by atoms with Crippen molar-refractivity contribution in [2.75, 3.05) is 59.7 Å². The van der Waals surface area contributed by atoms with Crippen LogP contribution in [0.2, 0.25) is 5.02 Å². The van der Waals surface area contributed by atoms with E-state index in [1.165, 1.54) is 42.1 Å². The highest BCUT2D eigenvalue weighted by Gasteiger charge is 2.28. The van der Waals surface area contributed by atoms with Gasteiger partial charge in [0.2, 0.25) is 0 Å². The standard InChI is InChI=1S/C40H49ClN10O3S.C3H8.C2H6/c1-24(2)28-20-29(32(54)21-31(28)53)38(44)51(37(43)25(3)52)27-10-8-26(9-11-27)23-48-16-18-49(19-17-48)30-6-5-7-33(35(30)41)55-39-36(42)47-34(22-46-39)50-14-12-40(4,45)13-15-50;1-3-2;1-2/h5-11,20-22,24,43-44,53-54H,12-19,23,45H2,1-4H3,(H2,42,47);3H2,1-2H3;1-2H3. The van der Waals surface area contributed by atoms with Crippen molar-refractivity contribution in [2.45, 2.75) is 103 Å². The quantitative estimate of drug-likeness (QED) is 0.0656. The monoisotopic (exact) mass is 858 g/mol. The highest BCUT2D eigenvalue weighted by Crippen LogP contribution is 2.40. The lowest BCUT2D eigenvalue weighted by molar-refractivity contribution is -0.111. The lowest BCUT2D eigenvalue weighted by Gasteiger charge is -2.37. The minimum Gasteiger partial charge on any atom is -0.508 e. The number of carbonyl (C=O) groups is 1. The lowest BCUT2D eigenvalue weighted by atomic mass is 9.91. The number of halogens is 1. The van der Waals surface area contributed by atoms with Crippen molar-refractivity contribution in [3.8, 4) is 11.5 Å². The number of amidine groups is 2. The summed E-state index contributed by atoms with van der Waals surface area (Å²) >= 11 is 8.41. The summed E-state index contributed by atoms with van der Waals surface area (Å²) in [5, 5.41) is 39.7. The number of aromatic hydroxyl groups is 2. The predicted molar refractivity (Wildman–Crippen MR) is 249 cm³/mol. The molecular weight excluding hydrogens is 796 g/mol. The van der Waals surface area contributed by atoms with Crippen LogP contribution in [0, 0.1) is 10.8 Å². The Kier molecular flexibility index (Phi) is 17.2. The van der Waals surface area contributed by atoms with Crippen molar-refractivity contribution in [1.82, 2.24) is 14.9 Å². The zero-order chi connectivity index (χ0) is 44.3. The number of hydrogen-bond acceptors (Lipinski definition) is 13. The molecule has 0 unspecified atom stereocenters. The van der Waals surface area contributed by atoms with Gasteiger partial charge in [-0.25, -0.2) is 9.97 Å². The van der Waals surface area contributed by atoms with Crippen LogP contribution >= 0.6 is 23.4 Å². The second-order valence-corrected chi connectivity index (χ2v) is 17.0. The molecule has 60 heavy (non-hydrogen) atoms. The summed E-state index contributed by atoms with van der Waals surface area (Å²) in [6.45, 7) is 20.9. The molecule has 0 amide bonds. The van der Waals surface area contributed by atoms with E-state index in [1.807, 2.05) is 58.0 Å². The van der Waals surface area contributed by atoms with Crippen molar-refractivity contribution in [1.29, 1.82) is 10.8 Å². The summed E-state index contributed by atoms with van der Waals surface area (Å²) in [6.07, 6.45) is 4.78. The van der Waals surface area contributed by atoms with Crippen molar-refractivity contribution in [3.63, 3.8) is 0 Å². The Hall–Kier alpha value is -4.89. The molecule has 15 heteroatoms. The molecule has 3 aromatic carbocycles. The van der Waals surface area contributed by atoms with E-state index in [-0.39, 0.29) is 34.4 Å². The smallest absolute Gasteiger partial charge is 0.195 e. The van der Waals surface area contributed by atoms with Crippen LogP contribution in [0.3, 0.4) is 0 Å². The molecule has 6 rings (SSSR count). The molecule has 3 heterocycles. The summed E-state index contributed by atoms with van der Waals surface area (Å²) in [5.74, 6) is -0.518. The number of nitrogens with one attached hydrogen (secondary N) is 2. The number of nitrogen functional groups attached to an aromatic ring is 1. The number of aromatic nitrogens is 2. The highest BCUT2D eigenvalue weighted by molar-refractivity contribution is 7.99. The van der Waals surface area contributed by atoms with E-state index >= 15 is 0 Å². The summed E-state index contributed by atoms with van der Waals surface area (Å²) in [7, 11) is 0. The van der Waals surface area contributed by atoms with E-state index in [9.17, 15) is 15.0 Å². The zero-order valence-electron chi connectivity index (χ0n) is 36.3. The number of ketones is 1. The maximum absolute atomic E-state index is 12.4. The average Bonchev–Trinajstić information content (AvgIpc) is 3.21. The largest absolute Gasteiger partial charge is 0.508 e. The molecule has 0 radical (unpaired) electrons. The van der Waals surface area contributed by atoms with Gasteiger partial charge in [0.25, 0.3) is 0 Å². The number of benzene rings is 3. The third-order valence-electron chi connectivity index (χ3n) is 10.2. The highest BCUT2D eigenvalue weighted by atomic mass is 35.5. The van der Waals surface area contributed by atoms with Gasteiger partial charge in [-0.2, -0.15) is 0 Å². The Morgan fingerprint density at radius 2 is 1.58 bits per heavy atom. The van der Waals surface area contributed by atoms with Gasteiger partial charge in [0.1, 0.15) is 28.2 Å². The molecular formula is C45H63ClN10O3S. The van der Waals surface area contributed by atoms with Gasteiger partial charge in [0.05, 0.1) is 22.5 Å². The molecule has 2 saturated heterocycles. The van der Waals surface area contributed by atoms with Gasteiger partial charge < -0.3 is 31.5 Å². The molecule has 2 fully saturated rings. The molecule has 2 aliphatic rings. The first-order valence-corrected chi connectivity index (χ1v) is 22.0. The van der Waals surface area contributed by atoms with Gasteiger partial charge in [-0.1, -0.05) is 89.5 Å². The molecule has 8 N–H and O–H groups in total. The van der Waals surface area contributed by atoms with Crippen molar-refractivity contribution < 1.29 is 15.0 Å². The third-order valence-corrected chi connectivity index (χ3v) is 11.8. The fourth-order valence-electron chi connectivity index (χ4n) is 6.84. The summed E-state index contributed by atoms with van der Waals surface area (Å²) < 4.78 is 0. The Morgan fingerprint density at radius 1 is 0.967 bits per heavy atom. The van der Waals surface area contributed by atoms with Crippen molar-refractivity contribution in [3.05, 3.63) is 82.5 Å². The first-order valence-electron chi connectivity index (χ1n) is 20.8. The molecule has 2 aliphatic heterocycles. The van der Waals surface area contributed by atoms with Gasteiger partial charge in [0.15, 0.2) is 17.4 Å². The number of carbonyl (C=O) groups excluding carboxylic acids is 1. The topological polar surface area (TPSA) is 196 Å². The Labute approximate surface area is 365 Å². The number of rotatable bonds is 10. The minimum atomic E-state index is -0.529. The second-order valence-electron chi connectivity index (χ2n) is 15.6. The number of nitrogens with zero attached hydrogens (tertiary/aromatic N) is 6. The number of hydrogen-bond donors (Lipinski definition) is 6. The van der Waals surface area contributed by atoms with E-state index in [0.29, 0.717) is 33.7 Å². The van der Waals surface area contributed by atoms with Gasteiger partial charge in [-0.15, -0.1) is 0 Å². The molecule has 324 valence electrons. The second kappa shape index (κ2) is 21.6. The lowest BCUT2D eigenvalue weighted by Crippen LogP contribution is -2.48. The summed E-state index contributed by atoms with van der Waals surface area (Å²) in [5.41, 5.74) is 15.6. The normalized spacial score (nSPS) is 15.1. The fraction of sp³-hybridized carbons (Fsp3) is 0.444. The van der Waals surface area contributed by atoms with Crippen LogP contribution in [0.25, 0.3) is 0 Å². The summed E-state index contributed by atoms with van der Waals surface area (Å²) in [6, 6.07) is 16.1. The Morgan fingerprint density at radius 3 is 2.15 bits per heavy atom. The van der Waals surface area contributed by atoms with E-state index in [4.69, 9.17) is 33.9 Å². The van der Waals surface area contributed by atoms with Gasteiger partial charge in [0, 0.05) is 74.9 Å². The number of phenols is 2. The first-order chi connectivity index (χ1) is 28.5. The molecule has 0 bridgehead atoms. The Balaban J connectivity index is 0.00000152. The fourth-order valence-corrected chi connectivity index (χ4v) is 8.00. The average molecular weight is 860 g/mol. The van der Waals surface area contributed by atoms with Gasteiger partial charge in [-0.3, -0.25) is 25.4 Å². The van der Waals surface area contributed by atoms with Gasteiger partial charge in [-0.05, 0) is 67.1 Å². The number of Topliss-reactive ketones (excluding diaryl/α,β-unsaturated/α-hetero) is 1. The number of nitrogens with two attached hydrogens (primary N) is 2. The Bertz CT molecular complexity index is 2100. The molecule has 0 spiro atoms. The molecule has 13 nitrogen and oxygen atoms in total. The van der Waals surface area contributed by atoms with Crippen LogP contribution < -0.4 is 26.2 Å². The number of anilines is 4. The van der Waals surface area contributed by atoms with Crippen LogP contribution in [-0.4, -0.2) is 87.3 Å². The number of piperidine rings is 1. The number of piperazine rings is 1. The maximum Gasteiger partial charge on any atom is 0.195 e. The summed E-state index contributed by atoms with van der Waals surface area (Å²) in [4.78, 5) is 30.6. The molecule has 0 aliphatic carbocycles. The molecule has 0 saturated carbocycles. The van der Waals surface area contributed by atoms with E-state index in [2.05, 4.69) is 45.4 Å². The predicted octanol–water partition coefficient (Wildman–Crippen LogP) is 8.88. The van der Waals surface area contributed by atoms with Crippen molar-refractivity contribution >= 4 is 63.8 Å². The van der Waals surface area contributed by atoms with Crippen LogP contribution in [0.1, 0.15) is 97.3 Å². The van der Waals surface area contributed by atoms with Crippen LogP contribution in [0.5, 0.6) is 11.5 Å². The maximum atomic E-state index is 12.4. The van der Waals surface area contributed by atoms with Crippen LogP contribution in [0.15, 0.2) is 70.7 Å². The van der Waals surface area contributed by atoms with Gasteiger partial charge >= 0.3 is 0 Å². The third kappa shape index (κ3) is 11.9. The van der Waals surface area contributed by atoms with Crippen LogP contribution in [0.4, 0.5) is 23.0 Å². The molecule has 0 atom stereocenters. The van der Waals surface area contributed by atoms with E-state index < -0.39 is 11.6 Å². The van der Waals surface area contributed by atoms with Crippen molar-refractivity contribution in [2.24, 2.45) is 5.73 Å². The first kappa shape index (κ1) is 47.8. The molecule has 4 aromatic rings. The number of phenolic OH excluding ortho intramolecular Hbond substituents is 2. The molecule has 1 aromatic heterocycles.